The fraction of sp³-hybridized carbons (Fsp3) is 0.500. The van der Waals surface area contributed by atoms with Crippen molar-refractivity contribution in [2.75, 3.05) is 28.4 Å². The summed E-state index contributed by atoms with van der Waals surface area (Å²) < 4.78 is 123. The smallest absolute Gasteiger partial charge is 1.00 e. The first-order valence-electron chi connectivity index (χ1n) is 23.2. The van der Waals surface area contributed by atoms with E-state index in [4.69, 9.17) is 18.9 Å². The average molecular weight is 1110 g/mol. The van der Waals surface area contributed by atoms with Gasteiger partial charge in [-0.05, 0) is 91.6 Å². The van der Waals surface area contributed by atoms with E-state index in [2.05, 4.69) is 12.1 Å². The van der Waals surface area contributed by atoms with Crippen LogP contribution in [0.3, 0.4) is 0 Å². The van der Waals surface area contributed by atoms with Gasteiger partial charge in [0.05, 0.1) is 50.9 Å². The van der Waals surface area contributed by atoms with Crippen LogP contribution in [0.4, 0.5) is 35.1 Å². The zero-order valence-electron chi connectivity index (χ0n) is 41.5. The van der Waals surface area contributed by atoms with Crippen LogP contribution in [-0.4, -0.2) is 97.1 Å². The Bertz CT molecular complexity index is 2300. The number of hydrogen-bond donors (Lipinski definition) is 2. The SMILES string of the molecule is COc1cc[c-]cc1.COc1ccc(C2(C#N)CCC(F)(F)CC2)cc1.COc1ccc(C2(C(=O)O)CCC(F)(F)CC2)cc1.COc1ccc(C2(O)CCC(F)(F)CC2)cc1.O=C1CCC(F)(F)CC1.[Br-].[Mg+2]. The minimum absolute atomic E-state index is 0. The van der Waals surface area contributed by atoms with Crippen LogP contribution in [0.15, 0.2) is 97.1 Å². The van der Waals surface area contributed by atoms with Gasteiger partial charge >= 0.3 is 29.0 Å². The minimum Gasteiger partial charge on any atom is -1.00 e. The van der Waals surface area contributed by atoms with Gasteiger partial charge in [0.15, 0.2) is 0 Å². The summed E-state index contributed by atoms with van der Waals surface area (Å²) >= 11 is 0. The van der Waals surface area contributed by atoms with Gasteiger partial charge in [0, 0.05) is 70.0 Å². The Morgan fingerprint density at radius 1 is 0.507 bits per heavy atom. The number of carbonyl (C=O) groups is 2. The molecule has 2 N–H and O–H groups in total. The molecule has 9 nitrogen and oxygen atoms in total. The van der Waals surface area contributed by atoms with Crippen molar-refractivity contribution < 1.29 is 90.9 Å². The first-order chi connectivity index (χ1) is 33.4. The molecule has 0 atom stereocenters. The van der Waals surface area contributed by atoms with Gasteiger partial charge in [0.2, 0.25) is 23.7 Å². The molecule has 19 heteroatoms. The van der Waals surface area contributed by atoms with Crippen LogP contribution in [-0.2, 0) is 26.0 Å². The number of Topliss-reactive ketones (excluding diaryl/α,β-unsaturated/α-hetero) is 1. The normalized spacial score (nSPS) is 19.9. The van der Waals surface area contributed by atoms with Gasteiger partial charge in [-0.25, -0.2) is 35.1 Å². The topological polar surface area (TPSA) is 135 Å². The van der Waals surface area contributed by atoms with Crippen LogP contribution in [0.2, 0.25) is 0 Å². The number of nitrogens with zero attached hydrogens (tertiary/aromatic N) is 1. The van der Waals surface area contributed by atoms with Crippen molar-refractivity contribution in [2.24, 2.45) is 0 Å². The van der Waals surface area contributed by atoms with Crippen LogP contribution in [0, 0.1) is 17.4 Å². The molecule has 73 heavy (non-hydrogen) atoms. The van der Waals surface area contributed by atoms with Crippen LogP contribution in [0.25, 0.3) is 0 Å². The molecule has 0 heterocycles. The number of methoxy groups -OCH3 is 4. The number of carbonyl (C=O) groups excluding carboxylic acids is 1. The van der Waals surface area contributed by atoms with E-state index in [1.54, 1.807) is 94.1 Å². The predicted molar refractivity (Wildman–Crippen MR) is 256 cm³/mol. The van der Waals surface area contributed by atoms with Gasteiger partial charge < -0.3 is 46.1 Å². The Morgan fingerprint density at radius 3 is 1.15 bits per heavy atom. The van der Waals surface area contributed by atoms with Gasteiger partial charge in [-0.2, -0.15) is 23.5 Å². The molecule has 396 valence electrons. The summed E-state index contributed by atoms with van der Waals surface area (Å²) in [7, 11) is 6.29. The number of halogens is 9. The first kappa shape index (κ1) is 64.5. The number of alkyl halides is 8. The average Bonchev–Trinajstić information content (AvgIpc) is 3.37. The van der Waals surface area contributed by atoms with Crippen molar-refractivity contribution in [3.63, 3.8) is 0 Å². The number of carboxylic acid groups (broad SMARTS) is 1. The minimum atomic E-state index is -2.74. The van der Waals surface area contributed by atoms with Gasteiger partial charge in [-0.15, -0.1) is 12.1 Å². The molecule has 0 unspecified atom stereocenters. The second-order valence-corrected chi connectivity index (χ2v) is 18.2. The Labute approximate surface area is 448 Å². The molecule has 0 bridgehead atoms. The number of rotatable bonds is 8. The van der Waals surface area contributed by atoms with Gasteiger partial charge in [-0.1, -0.05) is 36.4 Å². The van der Waals surface area contributed by atoms with Crippen LogP contribution in [0.5, 0.6) is 23.0 Å². The summed E-state index contributed by atoms with van der Waals surface area (Å²) in [5.41, 5.74) is -1.03. The molecular weight excluding hydrogens is 1050 g/mol. The molecule has 4 aromatic rings. The van der Waals surface area contributed by atoms with Crippen molar-refractivity contribution in [3.05, 3.63) is 120 Å². The zero-order valence-corrected chi connectivity index (χ0v) is 44.5. The Balaban J connectivity index is 0.000000321. The van der Waals surface area contributed by atoms with Crippen molar-refractivity contribution >= 4 is 34.8 Å². The van der Waals surface area contributed by atoms with Crippen molar-refractivity contribution in [1.82, 2.24) is 0 Å². The predicted octanol–water partition coefficient (Wildman–Crippen LogP) is 9.87. The number of aliphatic carboxylic acids is 1. The van der Waals surface area contributed by atoms with Crippen LogP contribution < -0.4 is 35.9 Å². The molecule has 4 aliphatic rings. The van der Waals surface area contributed by atoms with E-state index >= 15 is 0 Å². The molecular formula is C54H62BrF8MgNO8. The summed E-state index contributed by atoms with van der Waals surface area (Å²) in [4.78, 5) is 22.0. The molecule has 4 saturated carbocycles. The van der Waals surface area contributed by atoms with Crippen molar-refractivity contribution in [1.29, 1.82) is 5.26 Å². The molecule has 0 amide bonds. The summed E-state index contributed by atoms with van der Waals surface area (Å²) in [6.45, 7) is 0. The number of hydrogen-bond acceptors (Lipinski definition) is 8. The monoisotopic (exact) mass is 1110 g/mol. The third-order valence-electron chi connectivity index (χ3n) is 13.5. The fourth-order valence-corrected chi connectivity index (χ4v) is 8.62. The molecule has 0 radical (unpaired) electrons. The van der Waals surface area contributed by atoms with Gasteiger partial charge in [0.25, 0.3) is 0 Å². The third-order valence-corrected chi connectivity index (χ3v) is 13.5. The number of nitriles is 1. The molecule has 4 fully saturated rings. The van der Waals surface area contributed by atoms with E-state index in [-0.39, 0.29) is 149 Å². The first-order valence-corrected chi connectivity index (χ1v) is 23.2. The summed E-state index contributed by atoms with van der Waals surface area (Å²) in [5.74, 6) is -8.72. The number of ketones is 1. The number of carboxylic acids is 1. The zero-order chi connectivity index (χ0) is 52.6. The Kier molecular flexibility index (Phi) is 25.0. The Morgan fingerprint density at radius 2 is 0.822 bits per heavy atom. The third kappa shape index (κ3) is 19.2. The Hall–Kier alpha value is -4.64. The van der Waals surface area contributed by atoms with E-state index in [1.807, 2.05) is 24.3 Å². The maximum atomic E-state index is 13.2. The second kappa shape index (κ2) is 28.3. The number of ether oxygens (including phenoxy) is 4. The van der Waals surface area contributed by atoms with Crippen LogP contribution in [0.1, 0.15) is 119 Å². The van der Waals surface area contributed by atoms with E-state index in [0.717, 1.165) is 11.3 Å². The maximum absolute atomic E-state index is 13.2. The van der Waals surface area contributed by atoms with E-state index in [0.29, 0.717) is 28.4 Å². The molecule has 0 spiro atoms. The van der Waals surface area contributed by atoms with E-state index in [1.165, 1.54) is 7.11 Å². The fourth-order valence-electron chi connectivity index (χ4n) is 8.62. The van der Waals surface area contributed by atoms with Crippen LogP contribution >= 0.6 is 0 Å². The summed E-state index contributed by atoms with van der Waals surface area (Å²) in [5, 5.41) is 29.2. The van der Waals surface area contributed by atoms with Gasteiger partial charge in [-0.3, -0.25) is 9.59 Å². The summed E-state index contributed by atoms with van der Waals surface area (Å²) in [6.07, 6.45) is -1.52. The standard InChI is InChI=1S/C14H15F2NO.C14H16F2O3.C13H16F2O2.C7H7O.C6H8F2O.BrH.Mg/c1-18-12-4-2-11(3-5-12)13(10-17)6-8-14(15,16)9-7-13;1-19-11-4-2-10(3-5-11)13(12(17)18)6-8-14(15,16)9-7-13;1-17-11-4-2-10(3-5-11)12(16)6-8-13(14,15)9-7-12;1-8-7-5-3-2-4-6-7;7-6(8)3-1-5(9)2-4-6;;/h2-5H,6-9H2,1H3;2-5H,6-9H2,1H3,(H,17,18);2-5,16H,6-9H2,1H3;3-6H,1H3;1-4H2;1H;/q;;;-1;;;+2/p-1. The van der Waals surface area contributed by atoms with E-state index < -0.39 is 46.1 Å². The van der Waals surface area contributed by atoms with Crippen molar-refractivity contribution in [2.45, 2.75) is 143 Å². The maximum Gasteiger partial charge on any atom is 2.00 e. The molecule has 0 aliphatic heterocycles. The number of benzene rings is 4. The molecule has 4 aliphatic carbocycles. The molecule has 4 aromatic carbocycles. The summed E-state index contributed by atoms with van der Waals surface area (Å²) in [6, 6.07) is 33.2. The quantitative estimate of drug-likeness (QED) is 0.100. The van der Waals surface area contributed by atoms with Crippen molar-refractivity contribution in [3.8, 4) is 29.1 Å². The van der Waals surface area contributed by atoms with Gasteiger partial charge in [0.1, 0.15) is 23.0 Å². The molecule has 8 rings (SSSR count). The largest absolute Gasteiger partial charge is 2.00 e. The molecule has 0 saturated heterocycles. The molecule has 0 aromatic heterocycles. The second-order valence-electron chi connectivity index (χ2n) is 18.2. The number of aliphatic hydroxyl groups is 1. The van der Waals surface area contributed by atoms with E-state index in [9.17, 15) is 60.2 Å².